The molecule has 45 heavy (non-hydrogen) atoms. The predicted molar refractivity (Wildman–Crippen MR) is 170 cm³/mol. The molecule has 3 heterocycles. The van der Waals surface area contributed by atoms with Gasteiger partial charge in [0.2, 0.25) is 5.91 Å². The zero-order valence-corrected chi connectivity index (χ0v) is 27.8. The molecule has 2 saturated carbocycles. The molecule has 2 atom stereocenters. The Morgan fingerprint density at radius 2 is 1.60 bits per heavy atom. The average Bonchev–Trinajstić information content (AvgIpc) is 3.49. The molecule has 0 bridgehead atoms. The highest BCUT2D eigenvalue weighted by molar-refractivity contribution is 5.92. The molecule has 2 saturated heterocycles. The summed E-state index contributed by atoms with van der Waals surface area (Å²) in [5.74, 6) is 0.474. The zero-order chi connectivity index (χ0) is 32.4. The van der Waals surface area contributed by atoms with Gasteiger partial charge in [0.1, 0.15) is 11.3 Å². The molecule has 1 N–H and O–H groups in total. The molecule has 4 fully saturated rings. The Hall–Kier alpha value is -2.95. The van der Waals surface area contributed by atoms with Gasteiger partial charge in [0.25, 0.3) is 11.5 Å². The summed E-state index contributed by atoms with van der Waals surface area (Å²) in [6.07, 6.45) is 13.4. The molecule has 5 rings (SSSR count). The Morgan fingerprint density at radius 3 is 2.24 bits per heavy atom. The van der Waals surface area contributed by atoms with E-state index in [0.29, 0.717) is 51.6 Å². The normalized spacial score (nSPS) is 25.0. The van der Waals surface area contributed by atoms with Crippen molar-refractivity contribution in [2.75, 3.05) is 39.3 Å². The molecule has 4 aliphatic rings. The van der Waals surface area contributed by atoms with Crippen LogP contribution in [0.4, 0.5) is 4.79 Å². The second kappa shape index (κ2) is 13.4. The Balaban J connectivity index is 1.25. The number of piperidine rings is 1. The SMILES string of the molecule is CC(CC1CCCCC1)C(=O)N1CCC(O)(Cn2cc(C(=O)N3CCN(C(=O)OC(C)(C)C)CC3)ncc2=O)C2(CCCC2)C1. The van der Waals surface area contributed by atoms with Crippen molar-refractivity contribution >= 4 is 17.9 Å². The van der Waals surface area contributed by atoms with Crippen LogP contribution in [0, 0.1) is 17.3 Å². The van der Waals surface area contributed by atoms with Crippen molar-refractivity contribution < 1.29 is 24.2 Å². The van der Waals surface area contributed by atoms with E-state index in [-0.39, 0.29) is 35.5 Å². The van der Waals surface area contributed by atoms with Crippen LogP contribution in [0.1, 0.15) is 109 Å². The van der Waals surface area contributed by atoms with E-state index in [2.05, 4.69) is 11.9 Å². The number of likely N-dealkylation sites (tertiary alicyclic amines) is 1. The third-order valence-electron chi connectivity index (χ3n) is 10.7. The fourth-order valence-electron chi connectivity index (χ4n) is 8.16. The number of carbonyl (C=O) groups is 3. The number of piperazine rings is 1. The minimum Gasteiger partial charge on any atom is -0.444 e. The number of ether oxygens (including phenoxy) is 1. The van der Waals surface area contributed by atoms with Crippen LogP contribution >= 0.6 is 0 Å². The third kappa shape index (κ3) is 7.55. The molecule has 3 amide bonds. The van der Waals surface area contributed by atoms with Gasteiger partial charge >= 0.3 is 6.09 Å². The molecule has 0 radical (unpaired) electrons. The highest BCUT2D eigenvalue weighted by Crippen LogP contribution is 2.52. The summed E-state index contributed by atoms with van der Waals surface area (Å²) in [5.41, 5.74) is -2.51. The van der Waals surface area contributed by atoms with E-state index < -0.39 is 22.7 Å². The van der Waals surface area contributed by atoms with Crippen molar-refractivity contribution in [3.05, 3.63) is 28.4 Å². The lowest BCUT2D eigenvalue weighted by Crippen LogP contribution is -2.62. The van der Waals surface area contributed by atoms with Crippen molar-refractivity contribution in [2.45, 2.75) is 116 Å². The average molecular weight is 628 g/mol. The second-order valence-electron chi connectivity index (χ2n) is 15.2. The lowest BCUT2D eigenvalue weighted by Gasteiger charge is -2.52. The highest BCUT2D eigenvalue weighted by Gasteiger charge is 2.56. The van der Waals surface area contributed by atoms with Gasteiger partial charge in [-0.2, -0.15) is 0 Å². The first-order valence-corrected chi connectivity index (χ1v) is 17.1. The number of aliphatic hydroxyl groups is 1. The lowest BCUT2D eigenvalue weighted by atomic mass is 9.65. The smallest absolute Gasteiger partial charge is 0.410 e. The van der Waals surface area contributed by atoms with E-state index >= 15 is 0 Å². The molecule has 11 heteroatoms. The summed E-state index contributed by atoms with van der Waals surface area (Å²) in [4.78, 5) is 61.9. The van der Waals surface area contributed by atoms with Crippen LogP contribution in [-0.4, -0.2) is 97.7 Å². The zero-order valence-electron chi connectivity index (χ0n) is 27.8. The maximum absolute atomic E-state index is 13.6. The van der Waals surface area contributed by atoms with Gasteiger partial charge in [0.15, 0.2) is 0 Å². The third-order valence-corrected chi connectivity index (χ3v) is 10.7. The Bertz CT molecular complexity index is 1290. The fraction of sp³-hybridized carbons (Fsp3) is 0.794. The Morgan fingerprint density at radius 1 is 0.956 bits per heavy atom. The first-order chi connectivity index (χ1) is 21.3. The minimum atomic E-state index is -1.18. The Kier molecular flexibility index (Phi) is 9.96. The first-order valence-electron chi connectivity index (χ1n) is 17.1. The van der Waals surface area contributed by atoms with E-state index in [1.54, 1.807) is 9.80 Å². The van der Waals surface area contributed by atoms with Crippen LogP contribution in [0.25, 0.3) is 0 Å². The van der Waals surface area contributed by atoms with Crippen LogP contribution in [0.5, 0.6) is 0 Å². The summed E-state index contributed by atoms with van der Waals surface area (Å²) in [6, 6.07) is 0. The van der Waals surface area contributed by atoms with Crippen LogP contribution in [0.3, 0.4) is 0 Å². The standard InChI is InChI=1S/C34H53N5O6/c1-25(20-26-10-6-5-7-11-26)29(41)38-15-14-34(44,33(23-38)12-8-9-13-33)24-39-22-27(35-21-28(39)40)30(42)36-16-18-37(19-17-36)31(43)45-32(2,3)4/h21-22,25-26,44H,5-20,23-24H2,1-4H3. The molecule has 2 aliphatic carbocycles. The fourth-order valence-corrected chi connectivity index (χ4v) is 8.16. The molecule has 11 nitrogen and oxygen atoms in total. The maximum atomic E-state index is 13.6. The molecular weight excluding hydrogens is 574 g/mol. The van der Waals surface area contributed by atoms with E-state index in [4.69, 9.17) is 4.74 Å². The van der Waals surface area contributed by atoms with Gasteiger partial charge in [-0.1, -0.05) is 51.9 Å². The maximum Gasteiger partial charge on any atom is 0.410 e. The molecule has 1 spiro atoms. The van der Waals surface area contributed by atoms with Crippen molar-refractivity contribution in [3.8, 4) is 0 Å². The summed E-state index contributed by atoms with van der Waals surface area (Å²) >= 11 is 0. The second-order valence-corrected chi connectivity index (χ2v) is 15.2. The van der Waals surface area contributed by atoms with Gasteiger partial charge in [0, 0.05) is 56.8 Å². The number of amides is 3. The minimum absolute atomic E-state index is 0.0277. The molecule has 0 aromatic carbocycles. The Labute approximate surface area is 267 Å². The molecule has 250 valence electrons. The van der Waals surface area contributed by atoms with Gasteiger partial charge in [-0.05, 0) is 52.4 Å². The number of carbonyl (C=O) groups excluding carboxylic acids is 3. The lowest BCUT2D eigenvalue weighted by molar-refractivity contribution is -0.163. The van der Waals surface area contributed by atoms with Gasteiger partial charge in [-0.15, -0.1) is 0 Å². The summed E-state index contributed by atoms with van der Waals surface area (Å²) in [6.45, 7) is 9.88. The number of rotatable bonds is 6. The van der Waals surface area contributed by atoms with Crippen LogP contribution in [0.2, 0.25) is 0 Å². The highest BCUT2D eigenvalue weighted by atomic mass is 16.6. The number of aromatic nitrogens is 2. The summed E-state index contributed by atoms with van der Waals surface area (Å²) in [7, 11) is 0. The van der Waals surface area contributed by atoms with E-state index in [1.165, 1.54) is 42.9 Å². The van der Waals surface area contributed by atoms with Gasteiger partial charge in [-0.25, -0.2) is 9.78 Å². The van der Waals surface area contributed by atoms with Crippen molar-refractivity contribution in [1.29, 1.82) is 0 Å². The van der Waals surface area contributed by atoms with E-state index in [1.807, 2.05) is 25.7 Å². The molecule has 1 aromatic heterocycles. The van der Waals surface area contributed by atoms with Crippen LogP contribution < -0.4 is 5.56 Å². The molecule has 1 aromatic rings. The van der Waals surface area contributed by atoms with Gasteiger partial charge in [-0.3, -0.25) is 14.4 Å². The van der Waals surface area contributed by atoms with Crippen molar-refractivity contribution in [1.82, 2.24) is 24.3 Å². The number of hydrogen-bond acceptors (Lipinski definition) is 7. The topological polar surface area (TPSA) is 125 Å². The van der Waals surface area contributed by atoms with Crippen LogP contribution in [0.15, 0.2) is 17.2 Å². The van der Waals surface area contributed by atoms with Gasteiger partial charge in [0.05, 0.1) is 18.3 Å². The molecule has 2 aliphatic heterocycles. The first kappa shape index (κ1) is 33.4. The summed E-state index contributed by atoms with van der Waals surface area (Å²) < 4.78 is 6.89. The predicted octanol–water partition coefficient (Wildman–Crippen LogP) is 4.07. The van der Waals surface area contributed by atoms with Crippen LogP contribution in [-0.2, 0) is 16.1 Å². The van der Waals surface area contributed by atoms with Crippen molar-refractivity contribution in [3.63, 3.8) is 0 Å². The van der Waals surface area contributed by atoms with Gasteiger partial charge < -0.3 is 29.1 Å². The van der Waals surface area contributed by atoms with E-state index in [0.717, 1.165) is 38.3 Å². The monoisotopic (exact) mass is 627 g/mol. The number of nitrogens with zero attached hydrogens (tertiary/aromatic N) is 5. The summed E-state index contributed by atoms with van der Waals surface area (Å²) in [5, 5.41) is 12.3. The largest absolute Gasteiger partial charge is 0.444 e. The van der Waals surface area contributed by atoms with Crippen molar-refractivity contribution in [2.24, 2.45) is 17.3 Å². The van der Waals surface area contributed by atoms with E-state index in [9.17, 15) is 24.3 Å². The molecule has 2 unspecified atom stereocenters. The number of hydrogen-bond donors (Lipinski definition) is 1. The molecular formula is C34H53N5O6. The quantitative estimate of drug-likeness (QED) is 0.504.